The van der Waals surface area contributed by atoms with Gasteiger partial charge >= 0.3 is 6.09 Å². The number of halogens is 3. The Hall–Kier alpha value is -1.50. The highest BCUT2D eigenvalue weighted by Crippen LogP contribution is 2.44. The minimum atomic E-state index is -0.842. The molecule has 0 aromatic heterocycles. The molecule has 0 unspecified atom stereocenters. The fourth-order valence-corrected chi connectivity index (χ4v) is 6.85. The molecule has 0 radical (unpaired) electrons. The predicted octanol–water partition coefficient (Wildman–Crippen LogP) is 9.95. The molecule has 1 saturated carbocycles. The van der Waals surface area contributed by atoms with E-state index in [4.69, 9.17) is 27.9 Å². The lowest BCUT2D eigenvalue weighted by atomic mass is 9.70. The van der Waals surface area contributed by atoms with Crippen molar-refractivity contribution in [1.82, 2.24) is 4.90 Å². The molecule has 0 spiro atoms. The number of rotatable bonds is 4. The highest BCUT2D eigenvalue weighted by atomic mass is 35.5. The van der Waals surface area contributed by atoms with Gasteiger partial charge in [-0.25, -0.2) is 4.79 Å². The van der Waals surface area contributed by atoms with Crippen molar-refractivity contribution in [3.05, 3.63) is 69.7 Å². The normalized spacial score (nSPS) is 23.0. The van der Waals surface area contributed by atoms with Gasteiger partial charge in [0, 0.05) is 21.1 Å². The average Bonchev–Trinajstić information content (AvgIpc) is 2.86. The number of benzene rings is 2. The first-order valence-electron chi connectivity index (χ1n) is 14.9. The Balaban J connectivity index is 0.000000302. The number of likely N-dealkylation sites (tertiary alicyclic amines) is 1. The summed E-state index contributed by atoms with van der Waals surface area (Å²) in [6, 6.07) is 14.5. The molecule has 1 heterocycles. The first-order chi connectivity index (χ1) is 19.0. The number of hydrogen-bond acceptors (Lipinski definition) is 4. The molecule has 2 aromatic carbocycles. The fourth-order valence-electron chi connectivity index (χ4n) is 6.35. The number of hydrogen-bond donors (Lipinski definition) is 2. The van der Waals surface area contributed by atoms with E-state index >= 15 is 0 Å². The number of amides is 1. The summed E-state index contributed by atoms with van der Waals surface area (Å²) >= 11 is 12.4. The number of aliphatic hydroxyl groups excluding tert-OH is 2. The number of carbonyl (C=O) groups excluding carboxylic acids is 1. The molecule has 1 saturated heterocycles. The summed E-state index contributed by atoms with van der Waals surface area (Å²) in [6.07, 6.45) is 5.55. The van der Waals surface area contributed by atoms with Gasteiger partial charge in [-0.2, -0.15) is 0 Å². The van der Waals surface area contributed by atoms with Crippen LogP contribution in [0.2, 0.25) is 10.0 Å². The van der Waals surface area contributed by atoms with Crippen LogP contribution in [-0.4, -0.2) is 38.4 Å². The summed E-state index contributed by atoms with van der Waals surface area (Å²) in [5.74, 6) is 0.346. The summed E-state index contributed by atoms with van der Waals surface area (Å²) in [7, 11) is 0. The van der Waals surface area contributed by atoms with E-state index in [0.29, 0.717) is 26.9 Å². The Morgan fingerprint density at radius 3 is 1.88 bits per heavy atom. The maximum atomic E-state index is 12.8. The van der Waals surface area contributed by atoms with E-state index in [2.05, 4.69) is 13.8 Å². The Bertz CT molecular complexity index is 1160. The summed E-state index contributed by atoms with van der Waals surface area (Å²) < 4.78 is 5.60. The van der Waals surface area contributed by atoms with Gasteiger partial charge in [0.15, 0.2) is 0 Å². The van der Waals surface area contributed by atoms with Crippen LogP contribution in [0.4, 0.5) is 4.79 Å². The second-order valence-electron chi connectivity index (χ2n) is 14.1. The molecule has 1 amide bonds. The second kappa shape index (κ2) is 15.0. The molecule has 236 valence electrons. The largest absolute Gasteiger partial charge is 0.444 e. The van der Waals surface area contributed by atoms with E-state index in [0.717, 1.165) is 37.7 Å². The van der Waals surface area contributed by atoms with Crippen molar-refractivity contribution in [3.8, 4) is 0 Å². The standard InChI is InChI=1S/C19H28ClNO3.C15H21ClO.ClH/c1-18(2,3)24-17(23)21-15(11-8-12-19(21,4)5)16(22)13-9-6-7-10-14(13)20;1-15(2)9-5-6-11(10-15)14(17)12-7-3-4-8-13(12)16;/h6-7,9-10,15-16,22H,8,11-12H2,1-5H3;3-4,7-8,11,14,17H,5-6,9-10H2,1-2H3;1H/t15-,16-;11-,14-;/m10./s1. The van der Waals surface area contributed by atoms with Gasteiger partial charge in [0.25, 0.3) is 0 Å². The fraction of sp³-hybridized carbons (Fsp3) is 0.618. The molecule has 4 rings (SSSR count). The van der Waals surface area contributed by atoms with E-state index in [1.807, 2.05) is 77.1 Å². The van der Waals surface area contributed by atoms with Crippen molar-refractivity contribution in [2.45, 2.75) is 123 Å². The van der Waals surface area contributed by atoms with E-state index < -0.39 is 17.8 Å². The van der Waals surface area contributed by atoms with Crippen molar-refractivity contribution < 1.29 is 19.7 Å². The van der Waals surface area contributed by atoms with Crippen molar-refractivity contribution in [1.29, 1.82) is 0 Å². The predicted molar refractivity (Wildman–Crippen MR) is 176 cm³/mol. The molecule has 42 heavy (non-hydrogen) atoms. The zero-order valence-electron chi connectivity index (χ0n) is 26.2. The molecule has 0 bridgehead atoms. The summed E-state index contributed by atoms with van der Waals surface area (Å²) in [4.78, 5) is 14.5. The quantitative estimate of drug-likeness (QED) is 0.348. The molecule has 1 aliphatic heterocycles. The third kappa shape index (κ3) is 9.75. The van der Waals surface area contributed by atoms with Gasteiger partial charge in [0.05, 0.1) is 12.1 Å². The van der Waals surface area contributed by atoms with Crippen molar-refractivity contribution in [3.63, 3.8) is 0 Å². The van der Waals surface area contributed by atoms with E-state index in [9.17, 15) is 15.0 Å². The van der Waals surface area contributed by atoms with Crippen LogP contribution >= 0.6 is 35.6 Å². The Morgan fingerprint density at radius 2 is 1.38 bits per heavy atom. The molecule has 4 atom stereocenters. The first kappa shape index (κ1) is 36.7. The number of aliphatic hydroxyl groups is 2. The second-order valence-corrected chi connectivity index (χ2v) is 14.9. The summed E-state index contributed by atoms with van der Waals surface area (Å²) in [6.45, 7) is 14.2. The average molecular weight is 643 g/mol. The number of nitrogens with zero attached hydrogens (tertiary/aromatic N) is 1. The van der Waals surface area contributed by atoms with Crippen LogP contribution in [-0.2, 0) is 4.74 Å². The van der Waals surface area contributed by atoms with Gasteiger partial charge in [-0.15, -0.1) is 12.4 Å². The molecule has 2 aliphatic rings. The topological polar surface area (TPSA) is 70.0 Å². The van der Waals surface area contributed by atoms with Crippen molar-refractivity contribution in [2.24, 2.45) is 11.3 Å². The molecule has 1 aliphatic carbocycles. The van der Waals surface area contributed by atoms with Gasteiger partial charge in [-0.1, -0.05) is 79.9 Å². The number of carbonyl (C=O) groups is 1. The van der Waals surface area contributed by atoms with Crippen LogP contribution in [0, 0.1) is 11.3 Å². The third-order valence-electron chi connectivity index (χ3n) is 8.36. The first-order valence-corrected chi connectivity index (χ1v) is 15.7. The minimum absolute atomic E-state index is 0. The van der Waals surface area contributed by atoms with E-state index in [1.54, 1.807) is 11.0 Å². The summed E-state index contributed by atoms with van der Waals surface area (Å²) in [5.41, 5.74) is 0.927. The molecule has 2 N–H and O–H groups in total. The SMILES string of the molecule is CC(C)(C)OC(=O)N1[C@@H]([C@H](O)c2ccccc2Cl)CCCC1(C)C.CC1(C)CCC[C@H]([C@H](O)c2ccccc2Cl)C1.Cl. The number of ether oxygens (including phenoxy) is 1. The monoisotopic (exact) mass is 641 g/mol. The van der Waals surface area contributed by atoms with Crippen LogP contribution in [0.1, 0.15) is 117 Å². The third-order valence-corrected chi connectivity index (χ3v) is 9.05. The molecule has 2 fully saturated rings. The van der Waals surface area contributed by atoms with Gasteiger partial charge in [-0.3, -0.25) is 4.90 Å². The Kier molecular flexibility index (Phi) is 13.1. The number of piperidine rings is 1. The molecule has 8 heteroatoms. The van der Waals surface area contributed by atoms with Crippen molar-refractivity contribution >= 4 is 41.7 Å². The van der Waals surface area contributed by atoms with Crippen LogP contribution in [0.5, 0.6) is 0 Å². The van der Waals surface area contributed by atoms with E-state index in [1.165, 1.54) is 12.8 Å². The van der Waals surface area contributed by atoms with Gasteiger partial charge in [0.2, 0.25) is 0 Å². The molecule has 5 nitrogen and oxygen atoms in total. The van der Waals surface area contributed by atoms with Crippen LogP contribution < -0.4 is 0 Å². The zero-order chi connectivity index (χ0) is 30.6. The van der Waals surface area contributed by atoms with Crippen molar-refractivity contribution in [2.75, 3.05) is 0 Å². The molecular weight excluding hydrogens is 593 g/mol. The summed E-state index contributed by atoms with van der Waals surface area (Å²) in [5, 5.41) is 22.6. The Morgan fingerprint density at radius 1 is 0.881 bits per heavy atom. The maximum absolute atomic E-state index is 12.8. The van der Waals surface area contributed by atoms with Crippen LogP contribution in [0.3, 0.4) is 0 Å². The van der Waals surface area contributed by atoms with Gasteiger partial charge in [0.1, 0.15) is 11.7 Å². The van der Waals surface area contributed by atoms with Crippen LogP contribution in [0.15, 0.2) is 48.5 Å². The van der Waals surface area contributed by atoms with Gasteiger partial charge < -0.3 is 14.9 Å². The maximum Gasteiger partial charge on any atom is 0.411 e. The highest BCUT2D eigenvalue weighted by Gasteiger charge is 2.45. The van der Waals surface area contributed by atoms with Gasteiger partial charge in [-0.05, 0) is 102 Å². The van der Waals surface area contributed by atoms with Crippen LogP contribution in [0.25, 0.3) is 0 Å². The molecule has 2 aromatic rings. The Labute approximate surface area is 269 Å². The van der Waals surface area contributed by atoms with E-state index in [-0.39, 0.29) is 30.1 Å². The minimum Gasteiger partial charge on any atom is -0.444 e. The molecular formula is C34H50Cl3NO4. The highest BCUT2D eigenvalue weighted by molar-refractivity contribution is 6.31. The lowest BCUT2D eigenvalue weighted by Crippen LogP contribution is -2.58. The smallest absolute Gasteiger partial charge is 0.411 e. The zero-order valence-corrected chi connectivity index (χ0v) is 28.5. The lowest BCUT2D eigenvalue weighted by molar-refractivity contribution is -0.0575. The lowest BCUT2D eigenvalue weighted by Gasteiger charge is -2.49.